The Morgan fingerprint density at radius 3 is 2.89 bits per heavy atom. The van der Waals surface area contributed by atoms with Crippen molar-refractivity contribution < 1.29 is 18.1 Å². The Balaban J connectivity index is 1.77. The summed E-state index contributed by atoms with van der Waals surface area (Å²) in [6.07, 6.45) is 1.54. The molecule has 0 bridgehead atoms. The van der Waals surface area contributed by atoms with Crippen LogP contribution in [0.5, 0.6) is 0 Å². The number of aromatic nitrogens is 5. The Morgan fingerprint density at radius 1 is 1.48 bits per heavy atom. The SMILES string of the molecule is CSc1nnc(C(F)F)n1N=Cc1ccc(Cn2cc(Br)c([N+](=O)[O-])n2)o1. The molecule has 0 fully saturated rings. The van der Waals surface area contributed by atoms with Crippen LogP contribution in [0.3, 0.4) is 0 Å². The van der Waals surface area contributed by atoms with Crippen LogP contribution in [0.15, 0.2) is 37.5 Å². The van der Waals surface area contributed by atoms with E-state index in [4.69, 9.17) is 4.42 Å². The van der Waals surface area contributed by atoms with Crippen molar-refractivity contribution in [3.8, 4) is 0 Å². The number of nitro groups is 1. The third-order valence-electron chi connectivity index (χ3n) is 3.19. The van der Waals surface area contributed by atoms with Gasteiger partial charge in [-0.1, -0.05) is 11.8 Å². The monoisotopic (exact) mass is 461 g/mol. The van der Waals surface area contributed by atoms with Crippen LogP contribution in [0.2, 0.25) is 0 Å². The van der Waals surface area contributed by atoms with E-state index in [2.05, 4.69) is 36.3 Å². The zero-order valence-electron chi connectivity index (χ0n) is 13.5. The van der Waals surface area contributed by atoms with Crippen molar-refractivity contribution in [2.75, 3.05) is 6.26 Å². The summed E-state index contributed by atoms with van der Waals surface area (Å²) in [6, 6.07) is 3.20. The molecule has 0 unspecified atom stereocenters. The Morgan fingerprint density at radius 2 is 2.26 bits per heavy atom. The number of rotatable bonds is 7. The topological polar surface area (TPSA) is 117 Å². The third kappa shape index (κ3) is 4.21. The molecule has 0 aliphatic carbocycles. The molecule has 10 nitrogen and oxygen atoms in total. The maximum absolute atomic E-state index is 12.9. The fourth-order valence-electron chi connectivity index (χ4n) is 2.06. The van der Waals surface area contributed by atoms with Gasteiger partial charge in [-0.05, 0) is 39.2 Å². The molecule has 0 aliphatic heterocycles. The molecule has 3 aromatic heterocycles. The maximum Gasteiger partial charge on any atom is 0.404 e. The van der Waals surface area contributed by atoms with Crippen molar-refractivity contribution >= 4 is 39.7 Å². The molecule has 0 spiro atoms. The first-order valence-electron chi connectivity index (χ1n) is 7.17. The zero-order chi connectivity index (χ0) is 19.6. The summed E-state index contributed by atoms with van der Waals surface area (Å²) < 4.78 is 33.9. The smallest absolute Gasteiger partial charge is 0.404 e. The van der Waals surface area contributed by atoms with Crippen LogP contribution < -0.4 is 0 Å². The van der Waals surface area contributed by atoms with Gasteiger partial charge in [0.1, 0.15) is 22.5 Å². The second-order valence-electron chi connectivity index (χ2n) is 4.96. The first kappa shape index (κ1) is 19.2. The molecule has 0 aliphatic rings. The van der Waals surface area contributed by atoms with Gasteiger partial charge in [0.2, 0.25) is 11.0 Å². The Hall–Kier alpha value is -2.61. The fraction of sp³-hybridized carbons (Fsp3) is 0.231. The van der Waals surface area contributed by atoms with Crippen molar-refractivity contribution in [3.05, 3.63) is 50.3 Å². The summed E-state index contributed by atoms with van der Waals surface area (Å²) in [5.41, 5.74) is 0. The standard InChI is InChI=1S/C13H10BrF2N7O3S/c1-27-13-19-18-12(10(15)16)22(13)17-4-7-2-3-8(26-7)5-21-6-9(14)11(20-21)23(24)25/h2-4,6,10H,5H2,1H3. The van der Waals surface area contributed by atoms with Crippen molar-refractivity contribution in [3.63, 3.8) is 0 Å². The molecule has 0 amide bonds. The predicted octanol–water partition coefficient (Wildman–Crippen LogP) is 3.33. The van der Waals surface area contributed by atoms with Gasteiger partial charge in [0.25, 0.3) is 6.43 Å². The Kier molecular flexibility index (Phi) is 5.65. The van der Waals surface area contributed by atoms with Crippen LogP contribution in [-0.2, 0) is 6.54 Å². The molecular formula is C13H10BrF2N7O3S. The number of nitrogens with zero attached hydrogens (tertiary/aromatic N) is 7. The van der Waals surface area contributed by atoms with Crippen LogP contribution in [0, 0.1) is 10.1 Å². The molecule has 27 heavy (non-hydrogen) atoms. The zero-order valence-corrected chi connectivity index (χ0v) is 15.9. The van der Waals surface area contributed by atoms with Gasteiger partial charge in [0.05, 0.1) is 17.5 Å². The van der Waals surface area contributed by atoms with Gasteiger partial charge in [-0.15, -0.1) is 10.2 Å². The minimum atomic E-state index is -2.82. The summed E-state index contributed by atoms with van der Waals surface area (Å²) in [7, 11) is 0. The Bertz CT molecular complexity index is 1000. The molecule has 3 aromatic rings. The highest BCUT2D eigenvalue weighted by Gasteiger charge is 2.20. The van der Waals surface area contributed by atoms with Gasteiger partial charge in [-0.25, -0.2) is 8.78 Å². The van der Waals surface area contributed by atoms with Gasteiger partial charge in [0, 0.05) is 0 Å². The third-order valence-corrected chi connectivity index (χ3v) is 4.37. The number of furan rings is 1. The molecule has 0 atom stereocenters. The van der Waals surface area contributed by atoms with E-state index < -0.39 is 17.2 Å². The highest BCUT2D eigenvalue weighted by Crippen LogP contribution is 2.23. The van der Waals surface area contributed by atoms with Gasteiger partial charge < -0.3 is 14.5 Å². The van der Waals surface area contributed by atoms with E-state index in [1.807, 2.05) is 0 Å². The van der Waals surface area contributed by atoms with Crippen molar-refractivity contribution in [2.45, 2.75) is 18.1 Å². The molecule has 0 aromatic carbocycles. The summed E-state index contributed by atoms with van der Waals surface area (Å²) in [6.45, 7) is 0.144. The number of alkyl halides is 2. The number of hydrogen-bond acceptors (Lipinski definition) is 8. The largest absolute Gasteiger partial charge is 0.458 e. The molecule has 14 heteroatoms. The van der Waals surface area contributed by atoms with Gasteiger partial charge in [-0.3, -0.25) is 0 Å². The van der Waals surface area contributed by atoms with E-state index in [9.17, 15) is 18.9 Å². The van der Waals surface area contributed by atoms with Crippen LogP contribution in [0.25, 0.3) is 0 Å². The normalized spacial score (nSPS) is 11.7. The highest BCUT2D eigenvalue weighted by atomic mass is 79.9. The first-order valence-corrected chi connectivity index (χ1v) is 9.18. The lowest BCUT2D eigenvalue weighted by atomic mass is 10.4. The predicted molar refractivity (Wildman–Crippen MR) is 94.1 cm³/mol. The molecule has 0 saturated heterocycles. The average Bonchev–Trinajstić information content (AvgIpc) is 3.31. The summed E-state index contributed by atoms with van der Waals surface area (Å²) in [4.78, 5) is 10.2. The summed E-state index contributed by atoms with van der Waals surface area (Å²) in [5.74, 6) is -0.132. The molecule has 142 valence electrons. The lowest BCUT2D eigenvalue weighted by Crippen LogP contribution is -2.01. The van der Waals surface area contributed by atoms with Crippen LogP contribution in [0.4, 0.5) is 14.6 Å². The van der Waals surface area contributed by atoms with Crippen LogP contribution in [-0.4, -0.2) is 42.0 Å². The molecule has 0 radical (unpaired) electrons. The molecular weight excluding hydrogens is 452 g/mol. The second kappa shape index (κ2) is 7.96. The minimum Gasteiger partial charge on any atom is -0.458 e. The molecule has 3 heterocycles. The molecule has 3 rings (SSSR count). The quantitative estimate of drug-likeness (QED) is 0.229. The lowest BCUT2D eigenvalue weighted by Gasteiger charge is -2.00. The van der Waals surface area contributed by atoms with Crippen molar-refractivity contribution in [2.24, 2.45) is 5.10 Å². The van der Waals surface area contributed by atoms with E-state index in [0.29, 0.717) is 11.5 Å². The van der Waals surface area contributed by atoms with Gasteiger partial charge >= 0.3 is 5.82 Å². The maximum atomic E-state index is 12.9. The van der Waals surface area contributed by atoms with Gasteiger partial charge in [0.15, 0.2) is 0 Å². The lowest BCUT2D eigenvalue weighted by molar-refractivity contribution is -0.390. The minimum absolute atomic E-state index is 0.144. The average molecular weight is 462 g/mol. The van der Waals surface area contributed by atoms with Crippen LogP contribution >= 0.6 is 27.7 Å². The molecule has 0 N–H and O–H groups in total. The summed E-state index contributed by atoms with van der Waals surface area (Å²) >= 11 is 4.18. The van der Waals surface area contributed by atoms with Crippen molar-refractivity contribution in [1.29, 1.82) is 0 Å². The van der Waals surface area contributed by atoms with E-state index >= 15 is 0 Å². The van der Waals surface area contributed by atoms with E-state index in [1.165, 1.54) is 17.1 Å². The van der Waals surface area contributed by atoms with Gasteiger partial charge in [-0.2, -0.15) is 14.5 Å². The van der Waals surface area contributed by atoms with E-state index in [-0.39, 0.29) is 22.0 Å². The number of hydrogen-bond donors (Lipinski definition) is 0. The van der Waals surface area contributed by atoms with Crippen molar-refractivity contribution in [1.82, 2.24) is 24.7 Å². The van der Waals surface area contributed by atoms with E-state index in [0.717, 1.165) is 16.4 Å². The second-order valence-corrected chi connectivity index (χ2v) is 6.59. The number of halogens is 3. The highest BCUT2D eigenvalue weighted by molar-refractivity contribution is 9.10. The Labute approximate surface area is 162 Å². The van der Waals surface area contributed by atoms with Crippen LogP contribution in [0.1, 0.15) is 23.8 Å². The fourth-order valence-corrected chi connectivity index (χ4v) is 2.96. The number of thioether (sulfide) groups is 1. The summed E-state index contributed by atoms with van der Waals surface area (Å²) in [5, 5.41) is 25.8. The molecule has 0 saturated carbocycles. The van der Waals surface area contributed by atoms with E-state index in [1.54, 1.807) is 18.4 Å². The first-order chi connectivity index (χ1) is 12.9.